The topological polar surface area (TPSA) is 15.7 Å². The number of rotatable bonds is 4. The minimum Gasteiger partial charge on any atom is -0.376 e. The molecule has 2 unspecified atom stereocenters. The molecular formula is C14H28N2O. The standard InChI is InChI=1S/C14H28N2O/c1-15-10-11-17-14(12-15)8-5-7-13-6-3-4-9-16(13)2/h13-14H,3-12H2,1-2H3. The van der Waals surface area contributed by atoms with E-state index in [1.165, 1.54) is 45.1 Å². The van der Waals surface area contributed by atoms with E-state index in [2.05, 4.69) is 23.9 Å². The molecule has 0 amide bonds. The molecule has 2 atom stereocenters. The second-order valence-corrected chi connectivity index (χ2v) is 5.82. The zero-order chi connectivity index (χ0) is 12.1. The van der Waals surface area contributed by atoms with Gasteiger partial charge in [-0.3, -0.25) is 0 Å². The number of likely N-dealkylation sites (tertiary alicyclic amines) is 1. The van der Waals surface area contributed by atoms with Crippen LogP contribution in [0.4, 0.5) is 0 Å². The molecule has 0 saturated carbocycles. The lowest BCUT2D eigenvalue weighted by Crippen LogP contribution is -2.40. The highest BCUT2D eigenvalue weighted by Crippen LogP contribution is 2.21. The molecule has 0 N–H and O–H groups in total. The zero-order valence-corrected chi connectivity index (χ0v) is 11.5. The van der Waals surface area contributed by atoms with Crippen LogP contribution in [0.15, 0.2) is 0 Å². The third-order valence-electron chi connectivity index (χ3n) is 4.33. The molecule has 0 radical (unpaired) electrons. The van der Waals surface area contributed by atoms with Crippen LogP contribution in [0.1, 0.15) is 38.5 Å². The van der Waals surface area contributed by atoms with Gasteiger partial charge in [0.1, 0.15) is 0 Å². The monoisotopic (exact) mass is 240 g/mol. The van der Waals surface area contributed by atoms with E-state index in [-0.39, 0.29) is 0 Å². The van der Waals surface area contributed by atoms with Crippen molar-refractivity contribution in [2.45, 2.75) is 50.7 Å². The van der Waals surface area contributed by atoms with E-state index in [0.29, 0.717) is 6.10 Å². The van der Waals surface area contributed by atoms with E-state index in [0.717, 1.165) is 25.7 Å². The third kappa shape index (κ3) is 4.23. The smallest absolute Gasteiger partial charge is 0.0702 e. The molecule has 3 heteroatoms. The van der Waals surface area contributed by atoms with Crippen molar-refractivity contribution in [2.75, 3.05) is 40.3 Å². The average molecular weight is 240 g/mol. The van der Waals surface area contributed by atoms with Gasteiger partial charge in [0.2, 0.25) is 0 Å². The number of morpholine rings is 1. The molecule has 0 bridgehead atoms. The summed E-state index contributed by atoms with van der Waals surface area (Å²) in [5.41, 5.74) is 0. The molecule has 2 fully saturated rings. The summed E-state index contributed by atoms with van der Waals surface area (Å²) in [6.07, 6.45) is 8.65. The van der Waals surface area contributed by atoms with Crippen molar-refractivity contribution in [3.05, 3.63) is 0 Å². The molecular weight excluding hydrogens is 212 g/mol. The van der Waals surface area contributed by atoms with Crippen LogP contribution in [0.3, 0.4) is 0 Å². The van der Waals surface area contributed by atoms with Gasteiger partial charge in [0, 0.05) is 19.1 Å². The maximum atomic E-state index is 5.81. The lowest BCUT2D eigenvalue weighted by Gasteiger charge is -2.34. The van der Waals surface area contributed by atoms with Crippen molar-refractivity contribution >= 4 is 0 Å². The Morgan fingerprint density at radius 2 is 2.00 bits per heavy atom. The molecule has 2 rings (SSSR count). The molecule has 0 aromatic rings. The van der Waals surface area contributed by atoms with Crippen molar-refractivity contribution in [2.24, 2.45) is 0 Å². The summed E-state index contributed by atoms with van der Waals surface area (Å²) in [4.78, 5) is 4.94. The van der Waals surface area contributed by atoms with E-state index in [9.17, 15) is 0 Å². The molecule has 0 aliphatic carbocycles. The first kappa shape index (κ1) is 13.3. The Bertz CT molecular complexity index is 222. The number of ether oxygens (including phenoxy) is 1. The van der Waals surface area contributed by atoms with Gasteiger partial charge in [0.25, 0.3) is 0 Å². The Kier molecular flexibility index (Phi) is 5.26. The Morgan fingerprint density at radius 3 is 2.76 bits per heavy atom. The van der Waals surface area contributed by atoms with Gasteiger partial charge in [-0.15, -0.1) is 0 Å². The van der Waals surface area contributed by atoms with E-state index >= 15 is 0 Å². The molecule has 0 aromatic carbocycles. The summed E-state index contributed by atoms with van der Waals surface area (Å²) >= 11 is 0. The normalized spacial score (nSPS) is 32.8. The SMILES string of the molecule is CN1CCOC(CCCC2CCCCN2C)C1. The fourth-order valence-corrected chi connectivity index (χ4v) is 3.13. The summed E-state index contributed by atoms with van der Waals surface area (Å²) in [6, 6.07) is 0.838. The van der Waals surface area contributed by atoms with Crippen LogP contribution in [0.5, 0.6) is 0 Å². The number of nitrogens with zero attached hydrogens (tertiary/aromatic N) is 2. The average Bonchev–Trinajstić information content (AvgIpc) is 2.32. The van der Waals surface area contributed by atoms with Crippen LogP contribution >= 0.6 is 0 Å². The fourth-order valence-electron chi connectivity index (χ4n) is 3.13. The minimum atomic E-state index is 0.489. The molecule has 100 valence electrons. The summed E-state index contributed by atoms with van der Waals surface area (Å²) in [5.74, 6) is 0. The highest BCUT2D eigenvalue weighted by molar-refractivity contribution is 4.75. The second kappa shape index (κ2) is 6.72. The molecule has 3 nitrogen and oxygen atoms in total. The Labute approximate surface area is 106 Å². The molecule has 2 heterocycles. The Hall–Kier alpha value is -0.120. The van der Waals surface area contributed by atoms with E-state index < -0.39 is 0 Å². The first-order valence-electron chi connectivity index (χ1n) is 7.26. The van der Waals surface area contributed by atoms with Crippen molar-refractivity contribution in [3.8, 4) is 0 Å². The van der Waals surface area contributed by atoms with Crippen LogP contribution in [0.25, 0.3) is 0 Å². The Morgan fingerprint density at radius 1 is 1.12 bits per heavy atom. The molecule has 2 aliphatic heterocycles. The van der Waals surface area contributed by atoms with Gasteiger partial charge >= 0.3 is 0 Å². The number of piperidine rings is 1. The quantitative estimate of drug-likeness (QED) is 0.747. The van der Waals surface area contributed by atoms with Crippen LogP contribution in [-0.2, 0) is 4.74 Å². The van der Waals surface area contributed by atoms with E-state index in [4.69, 9.17) is 4.74 Å². The predicted molar refractivity (Wildman–Crippen MR) is 71.4 cm³/mol. The van der Waals surface area contributed by atoms with Crippen LogP contribution in [0.2, 0.25) is 0 Å². The molecule has 0 aromatic heterocycles. The predicted octanol–water partition coefficient (Wildman–Crippen LogP) is 1.97. The van der Waals surface area contributed by atoms with Crippen LogP contribution in [0, 0.1) is 0 Å². The maximum absolute atomic E-state index is 5.81. The highest BCUT2D eigenvalue weighted by atomic mass is 16.5. The van der Waals surface area contributed by atoms with Gasteiger partial charge in [-0.05, 0) is 52.7 Å². The number of hydrogen-bond donors (Lipinski definition) is 0. The lowest BCUT2D eigenvalue weighted by atomic mass is 9.97. The Balaban J connectivity index is 1.61. The number of likely N-dealkylation sites (N-methyl/N-ethyl adjacent to an activating group) is 1. The van der Waals surface area contributed by atoms with Gasteiger partial charge in [-0.1, -0.05) is 6.42 Å². The van der Waals surface area contributed by atoms with E-state index in [1.807, 2.05) is 0 Å². The molecule has 2 saturated heterocycles. The van der Waals surface area contributed by atoms with Gasteiger partial charge in [-0.2, -0.15) is 0 Å². The largest absolute Gasteiger partial charge is 0.376 e. The van der Waals surface area contributed by atoms with Gasteiger partial charge < -0.3 is 14.5 Å². The van der Waals surface area contributed by atoms with E-state index in [1.54, 1.807) is 0 Å². The third-order valence-corrected chi connectivity index (χ3v) is 4.33. The van der Waals surface area contributed by atoms with Gasteiger partial charge in [-0.25, -0.2) is 0 Å². The summed E-state index contributed by atoms with van der Waals surface area (Å²) < 4.78 is 5.81. The maximum Gasteiger partial charge on any atom is 0.0702 e. The zero-order valence-electron chi connectivity index (χ0n) is 11.5. The molecule has 2 aliphatic rings. The fraction of sp³-hybridized carbons (Fsp3) is 1.00. The van der Waals surface area contributed by atoms with Gasteiger partial charge in [0.15, 0.2) is 0 Å². The molecule has 0 spiro atoms. The van der Waals surface area contributed by atoms with Crippen molar-refractivity contribution < 1.29 is 4.74 Å². The van der Waals surface area contributed by atoms with Crippen molar-refractivity contribution in [1.29, 1.82) is 0 Å². The molecule has 17 heavy (non-hydrogen) atoms. The highest BCUT2D eigenvalue weighted by Gasteiger charge is 2.21. The van der Waals surface area contributed by atoms with Crippen molar-refractivity contribution in [1.82, 2.24) is 9.80 Å². The van der Waals surface area contributed by atoms with Crippen molar-refractivity contribution in [3.63, 3.8) is 0 Å². The first-order valence-corrected chi connectivity index (χ1v) is 7.26. The van der Waals surface area contributed by atoms with Crippen LogP contribution < -0.4 is 0 Å². The number of hydrogen-bond acceptors (Lipinski definition) is 3. The second-order valence-electron chi connectivity index (χ2n) is 5.82. The summed E-state index contributed by atoms with van der Waals surface area (Å²) in [5, 5.41) is 0. The van der Waals surface area contributed by atoms with Crippen LogP contribution in [-0.4, -0.2) is 62.3 Å². The first-order chi connectivity index (χ1) is 8.25. The summed E-state index contributed by atoms with van der Waals surface area (Å²) in [6.45, 7) is 4.44. The summed E-state index contributed by atoms with van der Waals surface area (Å²) in [7, 11) is 4.49. The minimum absolute atomic E-state index is 0.489. The lowest BCUT2D eigenvalue weighted by molar-refractivity contribution is -0.0251. The van der Waals surface area contributed by atoms with Gasteiger partial charge in [0.05, 0.1) is 12.7 Å².